The molecule has 0 saturated heterocycles. The summed E-state index contributed by atoms with van der Waals surface area (Å²) in [6.07, 6.45) is 0. The molecule has 0 fully saturated rings. The summed E-state index contributed by atoms with van der Waals surface area (Å²) in [6.45, 7) is 5.80. The van der Waals surface area contributed by atoms with Gasteiger partial charge < -0.3 is 4.74 Å². The van der Waals surface area contributed by atoms with Gasteiger partial charge in [-0.05, 0) is 55.5 Å². The van der Waals surface area contributed by atoms with E-state index in [0.717, 1.165) is 28.6 Å². The molecule has 0 saturated carbocycles. The Morgan fingerprint density at radius 2 is 1.82 bits per heavy atom. The number of hydrogen-bond donors (Lipinski definition) is 1. The molecule has 0 atom stereocenters. The SMILES string of the molecule is CCOc1ccc(N(CC(=O)Nc2nnc(SC(C)C)s2)S(=O)(=O)c2ccc(F)cc2)cc1. The van der Waals surface area contributed by atoms with E-state index >= 15 is 0 Å². The van der Waals surface area contributed by atoms with Crippen molar-refractivity contribution >= 4 is 49.8 Å². The molecule has 12 heteroatoms. The first-order valence-corrected chi connectivity index (χ1v) is 13.1. The molecule has 0 aliphatic carbocycles. The van der Waals surface area contributed by atoms with Crippen LogP contribution in [0.5, 0.6) is 5.75 Å². The summed E-state index contributed by atoms with van der Waals surface area (Å²) in [4.78, 5) is 12.6. The van der Waals surface area contributed by atoms with Gasteiger partial charge in [0.05, 0.1) is 17.2 Å². The van der Waals surface area contributed by atoms with Crippen molar-refractivity contribution in [1.82, 2.24) is 10.2 Å². The molecule has 0 spiro atoms. The van der Waals surface area contributed by atoms with E-state index < -0.39 is 28.3 Å². The minimum Gasteiger partial charge on any atom is -0.494 e. The van der Waals surface area contributed by atoms with Crippen molar-refractivity contribution in [2.24, 2.45) is 0 Å². The quantitative estimate of drug-likeness (QED) is 0.318. The fraction of sp³-hybridized carbons (Fsp3) is 0.286. The lowest BCUT2D eigenvalue weighted by molar-refractivity contribution is -0.114. The summed E-state index contributed by atoms with van der Waals surface area (Å²) in [5, 5.41) is 11.1. The van der Waals surface area contributed by atoms with E-state index in [4.69, 9.17) is 4.74 Å². The first-order valence-electron chi connectivity index (χ1n) is 10.00. The Morgan fingerprint density at radius 1 is 1.15 bits per heavy atom. The highest BCUT2D eigenvalue weighted by molar-refractivity contribution is 8.01. The molecule has 1 heterocycles. The number of carbonyl (C=O) groups is 1. The van der Waals surface area contributed by atoms with Crippen LogP contribution in [0.3, 0.4) is 0 Å². The fourth-order valence-electron chi connectivity index (χ4n) is 2.72. The van der Waals surface area contributed by atoms with E-state index in [0.29, 0.717) is 21.9 Å². The molecule has 1 aromatic heterocycles. The monoisotopic (exact) mass is 510 g/mol. The maximum atomic E-state index is 13.3. The molecule has 2 aromatic carbocycles. The number of nitrogens with zero attached hydrogens (tertiary/aromatic N) is 3. The van der Waals surface area contributed by atoms with Gasteiger partial charge in [-0.25, -0.2) is 12.8 Å². The van der Waals surface area contributed by atoms with E-state index in [2.05, 4.69) is 15.5 Å². The van der Waals surface area contributed by atoms with Gasteiger partial charge in [0.25, 0.3) is 10.0 Å². The number of nitrogens with one attached hydrogen (secondary N) is 1. The second kappa shape index (κ2) is 10.9. The summed E-state index contributed by atoms with van der Waals surface area (Å²) in [7, 11) is -4.17. The van der Waals surface area contributed by atoms with Crippen molar-refractivity contribution in [3.8, 4) is 5.75 Å². The molecule has 0 radical (unpaired) electrons. The van der Waals surface area contributed by atoms with Crippen LogP contribution >= 0.6 is 23.1 Å². The van der Waals surface area contributed by atoms with Gasteiger partial charge in [-0.2, -0.15) is 0 Å². The van der Waals surface area contributed by atoms with Gasteiger partial charge in [-0.15, -0.1) is 10.2 Å². The molecule has 176 valence electrons. The van der Waals surface area contributed by atoms with Gasteiger partial charge in [-0.1, -0.05) is 36.9 Å². The van der Waals surface area contributed by atoms with Crippen LogP contribution in [0.4, 0.5) is 15.2 Å². The topological polar surface area (TPSA) is 101 Å². The number of anilines is 2. The highest BCUT2D eigenvalue weighted by atomic mass is 32.2. The molecular formula is C21H23FN4O4S3. The third-order valence-corrected chi connectivity index (χ3v) is 7.83. The number of hydrogen-bond acceptors (Lipinski definition) is 8. The molecule has 0 aliphatic rings. The van der Waals surface area contributed by atoms with Crippen LogP contribution in [0.15, 0.2) is 57.8 Å². The highest BCUT2D eigenvalue weighted by Crippen LogP contribution is 2.29. The third-order valence-electron chi connectivity index (χ3n) is 4.11. The van der Waals surface area contributed by atoms with Gasteiger partial charge in [0.15, 0.2) is 4.34 Å². The Morgan fingerprint density at radius 3 is 2.42 bits per heavy atom. The van der Waals surface area contributed by atoms with Gasteiger partial charge in [0, 0.05) is 5.25 Å². The Labute approximate surface area is 200 Å². The number of aromatic nitrogens is 2. The zero-order valence-electron chi connectivity index (χ0n) is 18.2. The van der Waals surface area contributed by atoms with Crippen molar-refractivity contribution in [2.75, 3.05) is 22.8 Å². The number of amides is 1. The van der Waals surface area contributed by atoms with E-state index in [9.17, 15) is 17.6 Å². The van der Waals surface area contributed by atoms with Crippen LogP contribution in [-0.4, -0.2) is 42.9 Å². The Bertz CT molecular complexity index is 1180. The third kappa shape index (κ3) is 6.65. The highest BCUT2D eigenvalue weighted by Gasteiger charge is 2.28. The molecule has 0 unspecified atom stereocenters. The number of sulfonamides is 1. The molecule has 8 nitrogen and oxygen atoms in total. The van der Waals surface area contributed by atoms with Crippen molar-refractivity contribution in [3.05, 3.63) is 54.3 Å². The number of rotatable bonds is 10. The smallest absolute Gasteiger partial charge is 0.264 e. The van der Waals surface area contributed by atoms with Crippen molar-refractivity contribution in [2.45, 2.75) is 35.3 Å². The fourth-order valence-corrected chi connectivity index (χ4v) is 6.14. The Hall–Kier alpha value is -2.70. The molecule has 3 rings (SSSR count). The number of thioether (sulfide) groups is 1. The Kier molecular flexibility index (Phi) is 8.27. The predicted octanol–water partition coefficient (Wildman–Crippen LogP) is 4.41. The number of carbonyl (C=O) groups excluding carboxylic acids is 1. The van der Waals surface area contributed by atoms with E-state index in [1.54, 1.807) is 24.3 Å². The van der Waals surface area contributed by atoms with Crippen molar-refractivity contribution in [3.63, 3.8) is 0 Å². The van der Waals surface area contributed by atoms with E-state index in [1.165, 1.54) is 23.1 Å². The second-order valence-electron chi connectivity index (χ2n) is 6.98. The maximum absolute atomic E-state index is 13.3. The minimum atomic E-state index is -4.17. The summed E-state index contributed by atoms with van der Waals surface area (Å²) < 4.78 is 47.1. The summed E-state index contributed by atoms with van der Waals surface area (Å²) in [5.74, 6) is -0.591. The normalized spacial score (nSPS) is 11.4. The molecule has 3 aromatic rings. The first-order chi connectivity index (χ1) is 15.7. The number of ether oxygens (including phenoxy) is 1. The van der Waals surface area contributed by atoms with E-state index in [1.807, 2.05) is 20.8 Å². The summed E-state index contributed by atoms with van der Waals surface area (Å²) in [5.41, 5.74) is 0.256. The molecule has 0 aliphatic heterocycles. The van der Waals surface area contributed by atoms with Crippen LogP contribution < -0.4 is 14.4 Å². The van der Waals surface area contributed by atoms with Crippen LogP contribution in [-0.2, 0) is 14.8 Å². The minimum absolute atomic E-state index is 0.142. The lowest BCUT2D eigenvalue weighted by Crippen LogP contribution is -2.38. The Balaban J connectivity index is 1.87. The average Bonchev–Trinajstić information content (AvgIpc) is 3.19. The lowest BCUT2D eigenvalue weighted by atomic mass is 10.3. The molecule has 33 heavy (non-hydrogen) atoms. The average molecular weight is 511 g/mol. The number of halogens is 1. The van der Waals surface area contributed by atoms with Crippen LogP contribution in [0.25, 0.3) is 0 Å². The van der Waals surface area contributed by atoms with Gasteiger partial charge >= 0.3 is 0 Å². The van der Waals surface area contributed by atoms with Crippen LogP contribution in [0, 0.1) is 5.82 Å². The first kappa shape index (κ1) is 24.9. The molecule has 1 amide bonds. The van der Waals surface area contributed by atoms with Crippen LogP contribution in [0.1, 0.15) is 20.8 Å². The lowest BCUT2D eigenvalue weighted by Gasteiger charge is -2.24. The van der Waals surface area contributed by atoms with Crippen LogP contribution in [0.2, 0.25) is 0 Å². The molecule has 1 N–H and O–H groups in total. The molecule has 0 bridgehead atoms. The standard InChI is InChI=1S/C21H23FN4O4S3/c1-4-30-17-9-7-16(8-10-17)26(33(28,29)18-11-5-15(22)6-12-18)13-19(27)23-20-24-25-21(32-20)31-14(2)3/h5-12,14H,4,13H2,1-3H3,(H,23,24,27). The van der Waals surface area contributed by atoms with Gasteiger partial charge in [-0.3, -0.25) is 14.4 Å². The largest absolute Gasteiger partial charge is 0.494 e. The zero-order chi connectivity index (χ0) is 24.0. The maximum Gasteiger partial charge on any atom is 0.264 e. The summed E-state index contributed by atoms with van der Waals surface area (Å²) >= 11 is 2.72. The molecular weight excluding hydrogens is 487 g/mol. The van der Waals surface area contributed by atoms with Gasteiger partial charge in [0.2, 0.25) is 11.0 Å². The second-order valence-corrected chi connectivity index (χ2v) is 11.6. The summed E-state index contributed by atoms with van der Waals surface area (Å²) in [6, 6.07) is 10.7. The van der Waals surface area contributed by atoms with Crippen molar-refractivity contribution in [1.29, 1.82) is 0 Å². The van der Waals surface area contributed by atoms with E-state index in [-0.39, 0.29) is 15.7 Å². The zero-order valence-corrected chi connectivity index (χ0v) is 20.6. The number of benzene rings is 2. The van der Waals surface area contributed by atoms with Gasteiger partial charge in [0.1, 0.15) is 18.1 Å². The van der Waals surface area contributed by atoms with Crippen molar-refractivity contribution < 1.29 is 22.3 Å². The predicted molar refractivity (Wildman–Crippen MR) is 128 cm³/mol.